The van der Waals surface area contributed by atoms with Gasteiger partial charge in [-0.1, -0.05) is 54.6 Å². The van der Waals surface area contributed by atoms with Crippen molar-refractivity contribution < 1.29 is 4.74 Å². The van der Waals surface area contributed by atoms with E-state index in [0.29, 0.717) is 6.61 Å². The zero-order valence-electron chi connectivity index (χ0n) is 13.5. The van der Waals surface area contributed by atoms with Crippen molar-refractivity contribution in [3.8, 4) is 0 Å². The van der Waals surface area contributed by atoms with Gasteiger partial charge in [-0.3, -0.25) is 0 Å². The third-order valence-corrected chi connectivity index (χ3v) is 3.86. The summed E-state index contributed by atoms with van der Waals surface area (Å²) in [6.07, 6.45) is 3.13. The van der Waals surface area contributed by atoms with Gasteiger partial charge in [0.05, 0.1) is 12.1 Å². The molecule has 0 aliphatic carbocycles. The van der Waals surface area contributed by atoms with Crippen LogP contribution in [0.25, 0.3) is 16.9 Å². The Hall–Kier alpha value is -2.62. The molecule has 2 aromatic carbocycles. The zero-order chi connectivity index (χ0) is 16.1. The van der Waals surface area contributed by atoms with Crippen LogP contribution in [0, 0.1) is 0 Å². The lowest BCUT2D eigenvalue weighted by Crippen LogP contribution is -2.06. The second kappa shape index (κ2) is 7.09. The number of benzene rings is 2. The molecular weight excluding hydrogens is 286 g/mol. The van der Waals surface area contributed by atoms with E-state index in [4.69, 9.17) is 4.74 Å². The van der Waals surface area contributed by atoms with E-state index in [-0.39, 0.29) is 5.92 Å². The van der Waals surface area contributed by atoms with Gasteiger partial charge in [-0.05, 0) is 37.1 Å². The average molecular weight is 307 g/mol. The minimum Gasteiger partial charge on any atom is -0.478 e. The quantitative estimate of drug-likeness (QED) is 0.631. The van der Waals surface area contributed by atoms with E-state index >= 15 is 0 Å². The molecular formula is C19H21N3O. The Balaban J connectivity index is 2.03. The van der Waals surface area contributed by atoms with Crippen LogP contribution in [0.1, 0.15) is 31.7 Å². The van der Waals surface area contributed by atoms with E-state index in [1.54, 1.807) is 4.68 Å². The van der Waals surface area contributed by atoms with E-state index in [9.17, 15) is 0 Å². The molecule has 0 aliphatic rings. The second-order valence-electron chi connectivity index (χ2n) is 5.35. The fourth-order valence-electron chi connectivity index (χ4n) is 2.68. The van der Waals surface area contributed by atoms with Crippen molar-refractivity contribution in [3.63, 3.8) is 0 Å². The fourth-order valence-corrected chi connectivity index (χ4v) is 2.68. The maximum atomic E-state index is 5.87. The van der Waals surface area contributed by atoms with Gasteiger partial charge in [-0.25, -0.2) is 0 Å². The van der Waals surface area contributed by atoms with E-state index in [1.807, 2.05) is 37.3 Å². The first-order valence-electron chi connectivity index (χ1n) is 8.03. The van der Waals surface area contributed by atoms with Crippen molar-refractivity contribution in [3.05, 3.63) is 66.2 Å². The van der Waals surface area contributed by atoms with Crippen LogP contribution < -0.4 is 0 Å². The minimum absolute atomic E-state index is 0.278. The molecule has 0 fully saturated rings. The number of para-hydroxylation sites is 1. The van der Waals surface area contributed by atoms with Gasteiger partial charge in [-0.15, -0.1) is 5.10 Å². The molecule has 0 spiro atoms. The lowest BCUT2D eigenvalue weighted by molar-refractivity contribution is 0.271. The third kappa shape index (κ3) is 3.26. The summed E-state index contributed by atoms with van der Waals surface area (Å²) >= 11 is 0. The summed E-state index contributed by atoms with van der Waals surface area (Å²) in [4.78, 5) is 0. The molecule has 1 unspecified atom stereocenters. The number of hydrogen-bond donors (Lipinski definition) is 0. The maximum Gasteiger partial charge on any atom is 0.212 e. The predicted octanol–water partition coefficient (Wildman–Crippen LogP) is 4.46. The molecule has 0 N–H and O–H groups in total. The number of ether oxygens (including phenoxy) is 1. The Kier molecular flexibility index (Phi) is 4.71. The smallest absolute Gasteiger partial charge is 0.212 e. The standard InChI is InChI=1S/C19H21N3O/c1-3-15(16-10-6-5-7-11-16)14-19(23-4-2)22-18-13-9-8-12-17(18)20-21-22/h5-15H,3-4H2,1-2H3. The Morgan fingerprint density at radius 1 is 1.09 bits per heavy atom. The van der Waals surface area contributed by atoms with Gasteiger partial charge in [0.15, 0.2) is 0 Å². The highest BCUT2D eigenvalue weighted by Gasteiger charge is 2.13. The van der Waals surface area contributed by atoms with E-state index in [1.165, 1.54) is 5.56 Å². The molecule has 4 heteroatoms. The summed E-state index contributed by atoms with van der Waals surface area (Å²) in [7, 11) is 0. The van der Waals surface area contributed by atoms with Gasteiger partial charge in [0.1, 0.15) is 5.52 Å². The Morgan fingerprint density at radius 2 is 1.83 bits per heavy atom. The molecule has 1 heterocycles. The van der Waals surface area contributed by atoms with E-state index in [0.717, 1.165) is 23.3 Å². The highest BCUT2D eigenvalue weighted by atomic mass is 16.5. The van der Waals surface area contributed by atoms with Crippen LogP contribution in [-0.4, -0.2) is 21.6 Å². The van der Waals surface area contributed by atoms with Crippen molar-refractivity contribution >= 4 is 16.9 Å². The highest BCUT2D eigenvalue weighted by Crippen LogP contribution is 2.25. The van der Waals surface area contributed by atoms with Crippen molar-refractivity contribution in [1.29, 1.82) is 0 Å². The lowest BCUT2D eigenvalue weighted by atomic mass is 9.96. The molecule has 0 amide bonds. The summed E-state index contributed by atoms with van der Waals surface area (Å²) < 4.78 is 7.65. The summed E-state index contributed by atoms with van der Waals surface area (Å²) in [6.45, 7) is 4.75. The third-order valence-electron chi connectivity index (χ3n) is 3.86. The summed E-state index contributed by atoms with van der Waals surface area (Å²) in [5.41, 5.74) is 3.10. The number of rotatable bonds is 6. The number of fused-ring (bicyclic) bond motifs is 1. The Bertz CT molecular complexity index is 792. The first-order chi connectivity index (χ1) is 11.3. The molecule has 0 radical (unpaired) electrons. The topological polar surface area (TPSA) is 39.9 Å². The van der Waals surface area contributed by atoms with Crippen molar-refractivity contribution in [1.82, 2.24) is 15.0 Å². The zero-order valence-corrected chi connectivity index (χ0v) is 13.5. The number of allylic oxidation sites excluding steroid dienone is 1. The van der Waals surface area contributed by atoms with Gasteiger partial charge >= 0.3 is 0 Å². The van der Waals surface area contributed by atoms with E-state index < -0.39 is 0 Å². The van der Waals surface area contributed by atoms with Gasteiger partial charge in [0.2, 0.25) is 5.88 Å². The first-order valence-corrected chi connectivity index (χ1v) is 8.03. The Morgan fingerprint density at radius 3 is 2.57 bits per heavy atom. The van der Waals surface area contributed by atoms with Crippen LogP contribution in [0.4, 0.5) is 0 Å². The average Bonchev–Trinajstić information content (AvgIpc) is 3.03. The summed E-state index contributed by atoms with van der Waals surface area (Å²) in [5, 5.41) is 8.49. The highest BCUT2D eigenvalue weighted by molar-refractivity contribution is 5.76. The molecule has 3 rings (SSSR count). The SMILES string of the molecule is CCOC(=CC(CC)c1ccccc1)n1nnc2ccccc21. The first kappa shape index (κ1) is 15.3. The van der Waals surface area contributed by atoms with Gasteiger partial charge < -0.3 is 4.74 Å². The van der Waals surface area contributed by atoms with Crippen LogP contribution in [0.5, 0.6) is 0 Å². The monoisotopic (exact) mass is 307 g/mol. The van der Waals surface area contributed by atoms with Crippen molar-refractivity contribution in [2.45, 2.75) is 26.2 Å². The molecule has 23 heavy (non-hydrogen) atoms. The van der Waals surface area contributed by atoms with Gasteiger partial charge in [0, 0.05) is 5.92 Å². The summed E-state index contributed by atoms with van der Waals surface area (Å²) in [6, 6.07) is 18.4. The molecule has 0 saturated carbocycles. The number of nitrogens with zero attached hydrogens (tertiary/aromatic N) is 3. The normalized spacial score (nSPS) is 13.2. The molecule has 118 valence electrons. The number of hydrogen-bond acceptors (Lipinski definition) is 3. The van der Waals surface area contributed by atoms with Crippen LogP contribution >= 0.6 is 0 Å². The molecule has 1 aromatic heterocycles. The summed E-state index contributed by atoms with van der Waals surface area (Å²) in [5.74, 6) is 1.01. The minimum atomic E-state index is 0.278. The van der Waals surface area contributed by atoms with Crippen LogP contribution in [0.2, 0.25) is 0 Å². The van der Waals surface area contributed by atoms with Crippen LogP contribution in [0.15, 0.2) is 60.7 Å². The van der Waals surface area contributed by atoms with Crippen molar-refractivity contribution in [2.24, 2.45) is 0 Å². The maximum absolute atomic E-state index is 5.87. The lowest BCUT2D eigenvalue weighted by Gasteiger charge is -2.15. The molecule has 0 saturated heterocycles. The van der Waals surface area contributed by atoms with E-state index in [2.05, 4.69) is 47.6 Å². The van der Waals surface area contributed by atoms with Crippen LogP contribution in [0.3, 0.4) is 0 Å². The van der Waals surface area contributed by atoms with Crippen LogP contribution in [-0.2, 0) is 4.74 Å². The molecule has 4 nitrogen and oxygen atoms in total. The number of aromatic nitrogens is 3. The van der Waals surface area contributed by atoms with Gasteiger partial charge in [-0.2, -0.15) is 4.68 Å². The fraction of sp³-hybridized carbons (Fsp3) is 0.263. The molecule has 1 atom stereocenters. The molecule has 0 bridgehead atoms. The predicted molar refractivity (Wildman–Crippen MR) is 92.9 cm³/mol. The van der Waals surface area contributed by atoms with Crippen molar-refractivity contribution in [2.75, 3.05) is 6.61 Å². The largest absolute Gasteiger partial charge is 0.478 e. The second-order valence-corrected chi connectivity index (χ2v) is 5.35. The molecule has 3 aromatic rings. The molecule has 0 aliphatic heterocycles. The van der Waals surface area contributed by atoms with Gasteiger partial charge in [0.25, 0.3) is 0 Å². The Labute approximate surface area is 136 Å².